The lowest BCUT2D eigenvalue weighted by Gasteiger charge is -2.20. The molecule has 0 aliphatic carbocycles. The van der Waals surface area contributed by atoms with Gasteiger partial charge in [-0.15, -0.1) is 4.47 Å². The summed E-state index contributed by atoms with van der Waals surface area (Å²) in [7, 11) is -1.71. The van der Waals surface area contributed by atoms with Gasteiger partial charge in [-0.05, 0) is 53.9 Å². The van der Waals surface area contributed by atoms with Crippen LogP contribution >= 0.6 is 11.6 Å². The third kappa shape index (κ3) is 5.34. The largest absolute Gasteiger partial charge is 0.306 e. The molecule has 8 heteroatoms. The smallest absolute Gasteiger partial charge is 0.193 e. The van der Waals surface area contributed by atoms with E-state index in [0.29, 0.717) is 32.1 Å². The summed E-state index contributed by atoms with van der Waals surface area (Å²) < 4.78 is 15.2. The SMILES string of the molecule is CC(=O)c1c(Cc2ccc(S(=O)N(O)CC(C)C)cc2)c(=O)c2ccc(Cl)cc2n1-c1ccccc1. The van der Waals surface area contributed by atoms with E-state index in [1.807, 2.05) is 44.2 Å². The molecular weight excluding hydrogens is 496 g/mol. The molecule has 186 valence electrons. The summed E-state index contributed by atoms with van der Waals surface area (Å²) in [6, 6.07) is 21.3. The van der Waals surface area contributed by atoms with Crippen molar-refractivity contribution in [1.29, 1.82) is 0 Å². The van der Waals surface area contributed by atoms with Crippen molar-refractivity contribution in [2.75, 3.05) is 6.54 Å². The Morgan fingerprint density at radius 3 is 2.33 bits per heavy atom. The second-order valence-corrected chi connectivity index (χ2v) is 10.9. The first kappa shape index (κ1) is 26.0. The second-order valence-electron chi connectivity index (χ2n) is 9.04. The van der Waals surface area contributed by atoms with Gasteiger partial charge in [-0.1, -0.05) is 55.8 Å². The molecule has 0 spiro atoms. The van der Waals surface area contributed by atoms with Crippen LogP contribution in [-0.4, -0.2) is 30.8 Å². The molecule has 0 amide bonds. The van der Waals surface area contributed by atoms with Gasteiger partial charge in [0.2, 0.25) is 0 Å². The number of nitrogens with zero attached hydrogens (tertiary/aromatic N) is 2. The summed E-state index contributed by atoms with van der Waals surface area (Å²) in [5.74, 6) is -0.0899. The number of Topliss-reactive ketones (excluding diaryl/α,β-unsaturated/α-hetero) is 1. The van der Waals surface area contributed by atoms with Gasteiger partial charge >= 0.3 is 0 Å². The highest BCUT2D eigenvalue weighted by Gasteiger charge is 2.22. The maximum Gasteiger partial charge on any atom is 0.193 e. The molecule has 1 unspecified atom stereocenters. The van der Waals surface area contributed by atoms with Crippen LogP contribution in [-0.2, 0) is 17.4 Å². The average Bonchev–Trinajstić information content (AvgIpc) is 2.85. The summed E-state index contributed by atoms with van der Waals surface area (Å²) >= 11 is 6.28. The van der Waals surface area contributed by atoms with Crippen LogP contribution in [0.25, 0.3) is 16.6 Å². The number of hydroxylamine groups is 1. The molecule has 0 aliphatic heterocycles. The van der Waals surface area contributed by atoms with Gasteiger partial charge in [0.15, 0.2) is 22.2 Å². The number of para-hydroxylation sites is 1. The first-order valence-corrected chi connectivity index (χ1v) is 13.1. The fourth-order valence-electron chi connectivity index (χ4n) is 4.22. The van der Waals surface area contributed by atoms with Gasteiger partial charge in [-0.3, -0.25) is 9.59 Å². The summed E-state index contributed by atoms with van der Waals surface area (Å²) in [6.07, 6.45) is 0.209. The van der Waals surface area contributed by atoms with Crippen LogP contribution in [0.4, 0.5) is 0 Å². The number of benzene rings is 3. The number of rotatable bonds is 8. The van der Waals surface area contributed by atoms with Crippen molar-refractivity contribution < 1.29 is 14.2 Å². The molecule has 1 heterocycles. The minimum atomic E-state index is -1.71. The third-order valence-corrected chi connectivity index (χ3v) is 7.24. The fourth-order valence-corrected chi connectivity index (χ4v) is 5.43. The number of pyridine rings is 1. The molecule has 4 aromatic rings. The quantitative estimate of drug-likeness (QED) is 0.234. The molecule has 0 radical (unpaired) electrons. The number of ketones is 1. The van der Waals surface area contributed by atoms with Crippen molar-refractivity contribution in [1.82, 2.24) is 9.04 Å². The van der Waals surface area contributed by atoms with E-state index in [9.17, 15) is 19.0 Å². The van der Waals surface area contributed by atoms with E-state index in [0.717, 1.165) is 15.7 Å². The highest BCUT2D eigenvalue weighted by atomic mass is 35.5. The number of halogens is 1. The Labute approximate surface area is 217 Å². The standard InChI is InChI=1S/C28H27ClN2O4S/c1-18(2)17-30(34)36(35)23-12-9-20(10-13-23)15-25-27(19(3)32)31(22-7-5-4-6-8-22)26-16-21(29)11-14-24(26)28(25)33/h4-14,16,18,34H,15,17H2,1-3H3. The number of aromatic nitrogens is 1. The Bertz CT molecular complexity index is 1500. The average molecular weight is 523 g/mol. The van der Waals surface area contributed by atoms with Gasteiger partial charge < -0.3 is 9.77 Å². The van der Waals surface area contributed by atoms with Crippen molar-refractivity contribution in [3.05, 3.63) is 105 Å². The van der Waals surface area contributed by atoms with Crippen LogP contribution in [0.2, 0.25) is 5.02 Å². The normalized spacial score (nSPS) is 12.4. The van der Waals surface area contributed by atoms with Crippen molar-refractivity contribution in [3.63, 3.8) is 0 Å². The zero-order valence-electron chi connectivity index (χ0n) is 20.3. The van der Waals surface area contributed by atoms with Crippen LogP contribution in [0.5, 0.6) is 0 Å². The first-order valence-electron chi connectivity index (χ1n) is 11.6. The number of hydrogen-bond acceptors (Lipinski definition) is 4. The van der Waals surface area contributed by atoms with E-state index in [1.54, 1.807) is 47.0 Å². The van der Waals surface area contributed by atoms with E-state index < -0.39 is 11.0 Å². The lowest BCUT2D eigenvalue weighted by molar-refractivity contribution is 0.000128. The van der Waals surface area contributed by atoms with Gasteiger partial charge in [0, 0.05) is 41.5 Å². The van der Waals surface area contributed by atoms with Gasteiger partial charge in [0.25, 0.3) is 0 Å². The van der Waals surface area contributed by atoms with E-state index in [-0.39, 0.29) is 30.1 Å². The Balaban J connectivity index is 1.84. The highest BCUT2D eigenvalue weighted by Crippen LogP contribution is 2.26. The predicted octanol–water partition coefficient (Wildman–Crippen LogP) is 5.81. The minimum absolute atomic E-state index is 0.151. The molecule has 4 rings (SSSR count). The molecule has 0 saturated carbocycles. The molecule has 36 heavy (non-hydrogen) atoms. The Kier molecular flexibility index (Phi) is 7.85. The van der Waals surface area contributed by atoms with Gasteiger partial charge in [-0.2, -0.15) is 0 Å². The Hall–Kier alpha value is -3.10. The Morgan fingerprint density at radius 1 is 1.06 bits per heavy atom. The topological polar surface area (TPSA) is 79.6 Å². The van der Waals surface area contributed by atoms with Crippen molar-refractivity contribution in [2.24, 2.45) is 5.92 Å². The number of hydrogen-bond donors (Lipinski definition) is 1. The second kappa shape index (κ2) is 10.9. The molecular formula is C28H27ClN2O4S. The van der Waals surface area contributed by atoms with Crippen LogP contribution in [0.1, 0.15) is 42.4 Å². The number of carbonyl (C=O) groups excluding carboxylic acids is 1. The zero-order valence-corrected chi connectivity index (χ0v) is 21.8. The molecule has 3 aromatic carbocycles. The van der Waals surface area contributed by atoms with Crippen LogP contribution in [0.15, 0.2) is 82.5 Å². The molecule has 0 saturated heterocycles. The van der Waals surface area contributed by atoms with Crippen LogP contribution in [0, 0.1) is 5.92 Å². The van der Waals surface area contributed by atoms with Crippen molar-refractivity contribution in [3.8, 4) is 5.69 Å². The van der Waals surface area contributed by atoms with E-state index in [1.165, 1.54) is 6.92 Å². The van der Waals surface area contributed by atoms with Gasteiger partial charge in [0.1, 0.15) is 0 Å². The molecule has 1 atom stereocenters. The first-order chi connectivity index (χ1) is 17.2. The highest BCUT2D eigenvalue weighted by molar-refractivity contribution is 7.82. The summed E-state index contributed by atoms with van der Waals surface area (Å²) in [5, 5.41) is 11.0. The van der Waals surface area contributed by atoms with E-state index >= 15 is 0 Å². The predicted molar refractivity (Wildman–Crippen MR) is 144 cm³/mol. The van der Waals surface area contributed by atoms with Gasteiger partial charge in [0.05, 0.1) is 16.1 Å². The fraction of sp³-hybridized carbons (Fsp3) is 0.214. The lowest BCUT2D eigenvalue weighted by Crippen LogP contribution is -2.26. The molecule has 0 bridgehead atoms. The van der Waals surface area contributed by atoms with Gasteiger partial charge in [-0.25, -0.2) is 4.21 Å². The lowest BCUT2D eigenvalue weighted by atomic mass is 9.98. The van der Waals surface area contributed by atoms with Crippen molar-refractivity contribution >= 4 is 39.3 Å². The third-order valence-electron chi connectivity index (χ3n) is 5.80. The minimum Gasteiger partial charge on any atom is -0.306 e. The molecule has 6 nitrogen and oxygen atoms in total. The number of fused-ring (bicyclic) bond motifs is 1. The maximum absolute atomic E-state index is 13.6. The maximum atomic E-state index is 13.6. The van der Waals surface area contributed by atoms with Crippen LogP contribution in [0.3, 0.4) is 0 Å². The monoisotopic (exact) mass is 522 g/mol. The molecule has 0 aliphatic rings. The molecule has 0 fully saturated rings. The van der Waals surface area contributed by atoms with Crippen LogP contribution < -0.4 is 5.43 Å². The van der Waals surface area contributed by atoms with E-state index in [2.05, 4.69) is 0 Å². The zero-order chi connectivity index (χ0) is 26.0. The molecule has 1 N–H and O–H groups in total. The number of carbonyl (C=O) groups is 1. The summed E-state index contributed by atoms with van der Waals surface area (Å²) in [5.41, 5.74) is 2.52. The molecule has 1 aromatic heterocycles. The Morgan fingerprint density at radius 2 is 1.72 bits per heavy atom. The summed E-state index contributed by atoms with van der Waals surface area (Å²) in [4.78, 5) is 27.0. The van der Waals surface area contributed by atoms with E-state index in [4.69, 9.17) is 11.6 Å². The summed E-state index contributed by atoms with van der Waals surface area (Å²) in [6.45, 7) is 5.58. The van der Waals surface area contributed by atoms with Crippen molar-refractivity contribution in [2.45, 2.75) is 32.1 Å².